The van der Waals surface area contributed by atoms with Crippen molar-refractivity contribution >= 4 is 28.4 Å². The summed E-state index contributed by atoms with van der Waals surface area (Å²) in [5.74, 6) is 1.67. The standard InChI is InChI=1S/C25H23F3N6O/c1-13-9-20-19(11-18(13)21-12-22-32-23(35)7-8-34(22)33-21)24(31-15(3)30-20)29-14(2)16-5-4-6-17(10-16)25(26,27)28/h4-6,9-12,14H,7-8H2,1-3H3,(H,32,35)(H,29,30,31)/t14-/m1/s1. The summed E-state index contributed by atoms with van der Waals surface area (Å²) in [6.07, 6.45) is -4.04. The molecule has 0 bridgehead atoms. The normalized spacial score (nSPS) is 14.5. The largest absolute Gasteiger partial charge is 0.416 e. The molecule has 180 valence electrons. The van der Waals surface area contributed by atoms with E-state index in [4.69, 9.17) is 0 Å². The third-order valence-corrected chi connectivity index (χ3v) is 6.09. The number of rotatable bonds is 4. The third-order valence-electron chi connectivity index (χ3n) is 6.09. The maximum Gasteiger partial charge on any atom is 0.416 e. The van der Waals surface area contributed by atoms with Crippen LogP contribution in [0.4, 0.5) is 24.8 Å². The number of hydrogen-bond donors (Lipinski definition) is 2. The molecule has 4 aromatic rings. The zero-order chi connectivity index (χ0) is 24.9. The molecule has 2 N–H and O–H groups in total. The highest BCUT2D eigenvalue weighted by Crippen LogP contribution is 2.34. The molecule has 5 rings (SSSR count). The topological polar surface area (TPSA) is 84.7 Å². The van der Waals surface area contributed by atoms with Crippen LogP contribution in [-0.2, 0) is 17.5 Å². The number of carbonyl (C=O) groups excluding carboxylic acids is 1. The van der Waals surface area contributed by atoms with Gasteiger partial charge in [0.05, 0.1) is 23.3 Å². The Morgan fingerprint density at radius 2 is 1.91 bits per heavy atom. The quantitative estimate of drug-likeness (QED) is 0.395. The van der Waals surface area contributed by atoms with E-state index in [1.54, 1.807) is 24.6 Å². The van der Waals surface area contributed by atoms with Gasteiger partial charge in [0.1, 0.15) is 17.5 Å². The number of aryl methyl sites for hydroxylation is 3. The van der Waals surface area contributed by atoms with Gasteiger partial charge in [0.15, 0.2) is 0 Å². The van der Waals surface area contributed by atoms with Crippen molar-refractivity contribution in [3.05, 3.63) is 65.0 Å². The van der Waals surface area contributed by atoms with Crippen LogP contribution in [0.1, 0.15) is 41.9 Å². The fourth-order valence-corrected chi connectivity index (χ4v) is 4.29. The molecule has 3 heterocycles. The van der Waals surface area contributed by atoms with Crippen molar-refractivity contribution in [3.8, 4) is 11.3 Å². The smallest absolute Gasteiger partial charge is 0.363 e. The average Bonchev–Trinajstić information content (AvgIpc) is 3.21. The first kappa shape index (κ1) is 22.8. The number of benzene rings is 2. The molecule has 1 amide bonds. The van der Waals surface area contributed by atoms with Crippen LogP contribution >= 0.6 is 0 Å². The van der Waals surface area contributed by atoms with Gasteiger partial charge in [-0.15, -0.1) is 0 Å². The highest BCUT2D eigenvalue weighted by Gasteiger charge is 2.30. The van der Waals surface area contributed by atoms with Gasteiger partial charge < -0.3 is 10.6 Å². The van der Waals surface area contributed by atoms with Crippen molar-refractivity contribution in [2.75, 3.05) is 10.6 Å². The Labute approximate surface area is 199 Å². The van der Waals surface area contributed by atoms with Gasteiger partial charge in [-0.1, -0.05) is 12.1 Å². The molecule has 1 atom stereocenters. The molecule has 2 aromatic heterocycles. The Morgan fingerprint density at radius 3 is 2.69 bits per heavy atom. The Hall–Kier alpha value is -3.95. The molecule has 0 spiro atoms. The van der Waals surface area contributed by atoms with E-state index in [1.807, 2.05) is 25.1 Å². The summed E-state index contributed by atoms with van der Waals surface area (Å²) >= 11 is 0. The number of carbonyl (C=O) groups is 1. The fourth-order valence-electron chi connectivity index (χ4n) is 4.29. The lowest BCUT2D eigenvalue weighted by atomic mass is 10.0. The van der Waals surface area contributed by atoms with Crippen molar-refractivity contribution in [1.29, 1.82) is 0 Å². The molecule has 35 heavy (non-hydrogen) atoms. The predicted octanol–water partition coefficient (Wildman–Crippen LogP) is 5.64. The number of nitrogens with zero attached hydrogens (tertiary/aromatic N) is 4. The summed E-state index contributed by atoms with van der Waals surface area (Å²) in [6.45, 7) is 6.04. The van der Waals surface area contributed by atoms with Gasteiger partial charge in [0.2, 0.25) is 5.91 Å². The minimum atomic E-state index is -4.41. The molecule has 0 radical (unpaired) electrons. The molecule has 0 saturated heterocycles. The monoisotopic (exact) mass is 480 g/mol. The van der Waals surface area contributed by atoms with Crippen molar-refractivity contribution in [2.45, 2.75) is 46.0 Å². The summed E-state index contributed by atoms with van der Waals surface area (Å²) < 4.78 is 41.4. The van der Waals surface area contributed by atoms with Gasteiger partial charge in [-0.2, -0.15) is 18.3 Å². The number of aromatic nitrogens is 4. The first-order valence-electron chi connectivity index (χ1n) is 11.2. The lowest BCUT2D eigenvalue weighted by molar-refractivity contribution is -0.137. The van der Waals surface area contributed by atoms with E-state index in [0.29, 0.717) is 41.7 Å². The lowest BCUT2D eigenvalue weighted by Crippen LogP contribution is -2.23. The van der Waals surface area contributed by atoms with Gasteiger partial charge in [0, 0.05) is 29.5 Å². The number of alkyl halides is 3. The zero-order valence-electron chi connectivity index (χ0n) is 19.4. The van der Waals surface area contributed by atoms with E-state index in [9.17, 15) is 18.0 Å². The molecule has 2 aromatic carbocycles. The van der Waals surface area contributed by atoms with Gasteiger partial charge >= 0.3 is 6.18 Å². The van der Waals surface area contributed by atoms with Crippen LogP contribution < -0.4 is 10.6 Å². The number of amides is 1. The van der Waals surface area contributed by atoms with Crippen LogP contribution in [0, 0.1) is 13.8 Å². The minimum absolute atomic E-state index is 0.0434. The van der Waals surface area contributed by atoms with Crippen LogP contribution in [0.25, 0.3) is 22.2 Å². The summed E-state index contributed by atoms with van der Waals surface area (Å²) in [6, 6.07) is 10.5. The highest BCUT2D eigenvalue weighted by atomic mass is 19.4. The summed E-state index contributed by atoms with van der Waals surface area (Å²) in [4.78, 5) is 20.8. The summed E-state index contributed by atoms with van der Waals surface area (Å²) in [7, 11) is 0. The van der Waals surface area contributed by atoms with E-state index in [1.165, 1.54) is 6.07 Å². The Bertz CT molecular complexity index is 1460. The van der Waals surface area contributed by atoms with Crippen LogP contribution in [0.2, 0.25) is 0 Å². The average molecular weight is 480 g/mol. The Balaban J connectivity index is 1.55. The van der Waals surface area contributed by atoms with E-state index < -0.39 is 17.8 Å². The van der Waals surface area contributed by atoms with E-state index in [-0.39, 0.29) is 5.91 Å². The summed E-state index contributed by atoms with van der Waals surface area (Å²) in [5, 5.41) is 11.5. The van der Waals surface area contributed by atoms with Crippen LogP contribution in [0.15, 0.2) is 42.5 Å². The molecular weight excluding hydrogens is 457 g/mol. The van der Waals surface area contributed by atoms with Gasteiger partial charge in [0.25, 0.3) is 0 Å². The van der Waals surface area contributed by atoms with E-state index >= 15 is 0 Å². The van der Waals surface area contributed by atoms with Gasteiger partial charge in [-0.3, -0.25) is 4.79 Å². The molecule has 1 aliphatic heterocycles. The maximum absolute atomic E-state index is 13.2. The van der Waals surface area contributed by atoms with Crippen LogP contribution in [0.3, 0.4) is 0 Å². The minimum Gasteiger partial charge on any atom is -0.363 e. The van der Waals surface area contributed by atoms with E-state index in [2.05, 4.69) is 25.7 Å². The number of halogens is 3. The van der Waals surface area contributed by atoms with Crippen molar-refractivity contribution in [3.63, 3.8) is 0 Å². The second-order valence-corrected chi connectivity index (χ2v) is 8.73. The Morgan fingerprint density at radius 1 is 1.11 bits per heavy atom. The van der Waals surface area contributed by atoms with Gasteiger partial charge in [-0.25, -0.2) is 14.6 Å². The van der Waals surface area contributed by atoms with Crippen molar-refractivity contribution < 1.29 is 18.0 Å². The number of fused-ring (bicyclic) bond motifs is 2. The number of nitrogens with one attached hydrogen (secondary N) is 2. The first-order chi connectivity index (χ1) is 16.6. The molecular formula is C25H23F3N6O. The second kappa shape index (κ2) is 8.37. The number of anilines is 2. The predicted molar refractivity (Wildman–Crippen MR) is 127 cm³/mol. The van der Waals surface area contributed by atoms with E-state index in [0.717, 1.165) is 34.2 Å². The molecule has 7 nitrogen and oxygen atoms in total. The molecule has 10 heteroatoms. The highest BCUT2D eigenvalue weighted by molar-refractivity contribution is 5.95. The SMILES string of the molecule is Cc1nc(N[C@H](C)c2cccc(C(F)(F)F)c2)c2cc(-c3cc4n(n3)CCC(=O)N4)c(C)cc2n1. The van der Waals surface area contributed by atoms with Crippen LogP contribution in [0.5, 0.6) is 0 Å². The zero-order valence-corrected chi connectivity index (χ0v) is 19.4. The molecule has 0 fully saturated rings. The Kier molecular flexibility index (Phi) is 5.46. The van der Waals surface area contributed by atoms with Crippen molar-refractivity contribution in [1.82, 2.24) is 19.7 Å². The number of hydrogen-bond acceptors (Lipinski definition) is 5. The summed E-state index contributed by atoms with van der Waals surface area (Å²) in [5.41, 5.74) is 3.04. The second-order valence-electron chi connectivity index (χ2n) is 8.73. The maximum atomic E-state index is 13.2. The third kappa shape index (κ3) is 4.43. The molecule has 0 aliphatic carbocycles. The lowest BCUT2D eigenvalue weighted by Gasteiger charge is -2.19. The van der Waals surface area contributed by atoms with Crippen molar-refractivity contribution in [2.24, 2.45) is 0 Å². The first-order valence-corrected chi connectivity index (χ1v) is 11.2. The van der Waals surface area contributed by atoms with Crippen LogP contribution in [-0.4, -0.2) is 25.7 Å². The molecule has 0 saturated carbocycles. The molecule has 1 aliphatic rings. The van der Waals surface area contributed by atoms with Gasteiger partial charge in [-0.05, 0) is 56.2 Å². The fraction of sp³-hybridized carbons (Fsp3) is 0.280. The molecule has 0 unspecified atom stereocenters.